The first kappa shape index (κ1) is 18.1. The Morgan fingerprint density at radius 3 is 2.30 bits per heavy atom. The fourth-order valence-electron chi connectivity index (χ4n) is 2.83. The van der Waals surface area contributed by atoms with Crippen LogP contribution in [0.5, 0.6) is 11.5 Å². The van der Waals surface area contributed by atoms with Gasteiger partial charge in [0.25, 0.3) is 5.69 Å². The molecule has 0 radical (unpaired) electrons. The van der Waals surface area contributed by atoms with Gasteiger partial charge in [0.15, 0.2) is 23.9 Å². The molecule has 2 aromatic rings. The van der Waals surface area contributed by atoms with Gasteiger partial charge in [-0.1, -0.05) is 24.3 Å². The molecular formula is C18H13NO8. The molecule has 27 heavy (non-hydrogen) atoms. The summed E-state index contributed by atoms with van der Waals surface area (Å²) in [7, 11) is 0. The van der Waals surface area contributed by atoms with E-state index in [-0.39, 0.29) is 17.7 Å². The molecule has 0 heterocycles. The van der Waals surface area contributed by atoms with Gasteiger partial charge in [0.1, 0.15) is 5.56 Å². The number of phenolic OH excluding ortho intramolecular Hbond substituents is 1. The Morgan fingerprint density at radius 1 is 1.15 bits per heavy atom. The van der Waals surface area contributed by atoms with Crippen LogP contribution in [-0.2, 0) is 9.53 Å². The average molecular weight is 371 g/mol. The van der Waals surface area contributed by atoms with Crippen molar-refractivity contribution in [1.82, 2.24) is 0 Å². The molecule has 1 N–H and O–H groups in total. The molecule has 0 saturated carbocycles. The summed E-state index contributed by atoms with van der Waals surface area (Å²) in [4.78, 5) is 47.5. The predicted octanol–water partition coefficient (Wildman–Crippen LogP) is 2.02. The molecule has 1 aliphatic rings. The number of phenols is 1. The highest BCUT2D eigenvalue weighted by Crippen LogP contribution is 2.43. The number of esters is 1. The molecule has 138 valence electrons. The van der Waals surface area contributed by atoms with Gasteiger partial charge < -0.3 is 14.6 Å². The maximum absolute atomic E-state index is 12.8. The first-order valence-electron chi connectivity index (χ1n) is 7.88. The first-order chi connectivity index (χ1) is 12.9. The fourth-order valence-corrected chi connectivity index (χ4v) is 2.83. The summed E-state index contributed by atoms with van der Waals surface area (Å²) in [6.07, 6.45) is 0. The zero-order valence-electron chi connectivity index (χ0n) is 14.1. The lowest BCUT2D eigenvalue weighted by atomic mass is 9.82. The summed E-state index contributed by atoms with van der Waals surface area (Å²) in [5.41, 5.74) is -1.70. The summed E-state index contributed by atoms with van der Waals surface area (Å²) in [5.74, 6) is -3.46. The van der Waals surface area contributed by atoms with Crippen LogP contribution in [0.4, 0.5) is 5.69 Å². The highest BCUT2D eigenvalue weighted by molar-refractivity contribution is 6.30. The lowest BCUT2D eigenvalue weighted by Crippen LogP contribution is -2.23. The van der Waals surface area contributed by atoms with E-state index in [1.165, 1.54) is 24.3 Å². The summed E-state index contributed by atoms with van der Waals surface area (Å²) < 4.78 is 9.77. The number of ketones is 2. The summed E-state index contributed by atoms with van der Waals surface area (Å²) >= 11 is 0. The number of benzene rings is 2. The Bertz CT molecular complexity index is 995. The van der Waals surface area contributed by atoms with E-state index in [2.05, 4.69) is 4.74 Å². The van der Waals surface area contributed by atoms with Gasteiger partial charge in [-0.25, -0.2) is 4.79 Å². The Hall–Kier alpha value is -3.75. The van der Waals surface area contributed by atoms with E-state index in [0.29, 0.717) is 0 Å². The summed E-state index contributed by atoms with van der Waals surface area (Å²) in [5, 5.41) is 21.9. The van der Waals surface area contributed by atoms with Crippen molar-refractivity contribution in [2.24, 2.45) is 0 Å². The number of nitrogens with zero attached hydrogens (tertiary/aromatic N) is 1. The maximum Gasteiger partial charge on any atom is 0.344 e. The predicted molar refractivity (Wildman–Crippen MR) is 90.2 cm³/mol. The smallest absolute Gasteiger partial charge is 0.344 e. The van der Waals surface area contributed by atoms with Crippen LogP contribution in [0.3, 0.4) is 0 Å². The molecule has 0 spiro atoms. The zero-order chi connectivity index (χ0) is 19.7. The zero-order valence-corrected chi connectivity index (χ0v) is 14.1. The number of nitro groups is 1. The molecule has 0 bridgehead atoms. The Morgan fingerprint density at radius 2 is 1.74 bits per heavy atom. The van der Waals surface area contributed by atoms with E-state index in [1.807, 2.05) is 0 Å². The normalized spacial score (nSPS) is 12.2. The lowest BCUT2D eigenvalue weighted by Gasteiger charge is -2.19. The third-order valence-electron chi connectivity index (χ3n) is 3.96. The van der Waals surface area contributed by atoms with Gasteiger partial charge in [-0.15, -0.1) is 0 Å². The average Bonchev–Trinajstić information content (AvgIpc) is 2.64. The maximum atomic E-state index is 12.8. The molecule has 0 fully saturated rings. The van der Waals surface area contributed by atoms with E-state index in [9.17, 15) is 29.6 Å². The minimum atomic E-state index is -0.853. The van der Waals surface area contributed by atoms with Crippen molar-refractivity contribution in [2.75, 3.05) is 13.2 Å². The van der Waals surface area contributed by atoms with Gasteiger partial charge in [-0.05, 0) is 6.92 Å². The number of hydrogen-bond acceptors (Lipinski definition) is 8. The molecule has 0 saturated heterocycles. The summed E-state index contributed by atoms with van der Waals surface area (Å²) in [6.45, 7) is 1.05. The van der Waals surface area contributed by atoms with Crippen LogP contribution in [0.25, 0.3) is 0 Å². The molecule has 0 aliphatic heterocycles. The quantitative estimate of drug-likeness (QED) is 0.409. The highest BCUT2D eigenvalue weighted by atomic mass is 16.6. The van der Waals surface area contributed by atoms with Gasteiger partial charge in [-0.2, -0.15) is 0 Å². The van der Waals surface area contributed by atoms with E-state index >= 15 is 0 Å². The van der Waals surface area contributed by atoms with Gasteiger partial charge in [-0.3, -0.25) is 19.7 Å². The van der Waals surface area contributed by atoms with Gasteiger partial charge >= 0.3 is 5.97 Å². The van der Waals surface area contributed by atoms with Crippen LogP contribution in [0.2, 0.25) is 0 Å². The number of rotatable bonds is 5. The van der Waals surface area contributed by atoms with E-state index < -0.39 is 57.4 Å². The third-order valence-corrected chi connectivity index (χ3v) is 3.96. The lowest BCUT2D eigenvalue weighted by molar-refractivity contribution is -0.385. The van der Waals surface area contributed by atoms with E-state index in [0.717, 1.165) is 6.07 Å². The van der Waals surface area contributed by atoms with Crippen molar-refractivity contribution in [3.63, 3.8) is 0 Å². The van der Waals surface area contributed by atoms with Gasteiger partial charge in [0.2, 0.25) is 5.78 Å². The minimum Gasteiger partial charge on any atom is -0.504 e. The van der Waals surface area contributed by atoms with Crippen LogP contribution in [0.15, 0.2) is 30.3 Å². The fraction of sp³-hybridized carbons (Fsp3) is 0.167. The van der Waals surface area contributed by atoms with Crippen LogP contribution in [-0.4, -0.2) is 40.8 Å². The third kappa shape index (κ3) is 2.99. The number of hydrogen-bond donors (Lipinski definition) is 1. The van der Waals surface area contributed by atoms with Crippen LogP contribution in [0.1, 0.15) is 38.8 Å². The van der Waals surface area contributed by atoms with Crippen molar-refractivity contribution in [3.8, 4) is 11.5 Å². The number of carbonyl (C=O) groups is 3. The van der Waals surface area contributed by atoms with Gasteiger partial charge in [0.05, 0.1) is 23.2 Å². The monoisotopic (exact) mass is 371 g/mol. The highest BCUT2D eigenvalue weighted by Gasteiger charge is 2.39. The van der Waals surface area contributed by atoms with Crippen molar-refractivity contribution in [1.29, 1.82) is 0 Å². The summed E-state index contributed by atoms with van der Waals surface area (Å²) in [6, 6.07) is 6.63. The first-order valence-corrected chi connectivity index (χ1v) is 7.88. The molecular weight excluding hydrogens is 358 g/mol. The molecule has 2 aromatic carbocycles. The van der Waals surface area contributed by atoms with Crippen molar-refractivity contribution in [3.05, 3.63) is 62.7 Å². The number of ether oxygens (including phenoxy) is 2. The number of fused-ring (bicyclic) bond motifs is 2. The van der Waals surface area contributed by atoms with Crippen molar-refractivity contribution in [2.45, 2.75) is 6.92 Å². The molecule has 0 amide bonds. The molecule has 1 aliphatic carbocycles. The molecule has 0 aromatic heterocycles. The molecule has 9 nitrogen and oxygen atoms in total. The molecule has 3 rings (SSSR count). The molecule has 9 heteroatoms. The Labute approximate surface area is 152 Å². The minimum absolute atomic E-state index is 0.0118. The van der Waals surface area contributed by atoms with E-state index in [1.54, 1.807) is 6.92 Å². The Kier molecular flexibility index (Phi) is 4.59. The van der Waals surface area contributed by atoms with Crippen LogP contribution >= 0.6 is 0 Å². The standard InChI is InChI=1S/C18H13NO8/c1-2-26-13(20)8-27-12-7-11(19(24)25)14-15(18(12)23)17(22)10-6-4-3-5-9(10)16(14)21/h3-7,23H,2,8H2,1H3. The Balaban J connectivity index is 2.16. The second-order valence-electron chi connectivity index (χ2n) is 5.55. The second-order valence-corrected chi connectivity index (χ2v) is 5.55. The molecule has 0 unspecified atom stereocenters. The molecule has 0 atom stereocenters. The van der Waals surface area contributed by atoms with Crippen molar-refractivity contribution < 1.29 is 33.9 Å². The number of aromatic hydroxyl groups is 1. The van der Waals surface area contributed by atoms with Crippen LogP contribution < -0.4 is 4.74 Å². The number of carbonyl (C=O) groups excluding carboxylic acids is 3. The van der Waals surface area contributed by atoms with Gasteiger partial charge in [0, 0.05) is 11.1 Å². The number of nitro benzene ring substituents is 1. The largest absolute Gasteiger partial charge is 0.504 e. The second kappa shape index (κ2) is 6.87. The van der Waals surface area contributed by atoms with Crippen molar-refractivity contribution >= 4 is 23.2 Å². The topological polar surface area (TPSA) is 133 Å². The van der Waals surface area contributed by atoms with Crippen LogP contribution in [0, 0.1) is 10.1 Å². The van der Waals surface area contributed by atoms with E-state index in [4.69, 9.17) is 4.74 Å². The SMILES string of the molecule is CCOC(=O)COc1cc([N+](=O)[O-])c2c(c1O)C(=O)c1ccccc1C2=O.